The fourth-order valence-electron chi connectivity index (χ4n) is 2.27. The molecule has 1 amide bonds. The van der Waals surface area contributed by atoms with Crippen LogP contribution in [0, 0.1) is 0 Å². The predicted octanol–water partition coefficient (Wildman–Crippen LogP) is 3.28. The summed E-state index contributed by atoms with van der Waals surface area (Å²) >= 11 is 0. The predicted molar refractivity (Wildman–Crippen MR) is 83.5 cm³/mol. The van der Waals surface area contributed by atoms with Crippen LogP contribution >= 0.6 is 0 Å². The second-order valence-electron chi connectivity index (χ2n) is 5.51. The number of fused-ring (bicyclic) bond motifs is 1. The van der Waals surface area contributed by atoms with Crippen LogP contribution in [0.4, 0.5) is 5.82 Å². The Kier molecular flexibility index (Phi) is 3.25. The molecule has 0 saturated carbocycles. The number of nitrogens with zero attached hydrogens (tertiary/aromatic N) is 2. The van der Waals surface area contributed by atoms with Crippen molar-refractivity contribution < 1.29 is 4.79 Å². The highest BCUT2D eigenvalue weighted by Gasteiger charge is 2.10. The number of nitrogens with one attached hydrogen (secondary N) is 2. The van der Waals surface area contributed by atoms with Crippen LogP contribution in [0.15, 0.2) is 36.5 Å². The molecule has 5 heteroatoms. The number of H-pyrrole nitrogens is 1. The molecule has 0 radical (unpaired) electrons. The van der Waals surface area contributed by atoms with E-state index in [1.807, 2.05) is 25.2 Å². The molecule has 3 aromatic rings. The zero-order chi connectivity index (χ0) is 15.0. The van der Waals surface area contributed by atoms with Crippen molar-refractivity contribution >= 4 is 22.6 Å². The SMILES string of the molecule is CC(C)c1cc2ccc(C(=O)Nc3ccn(C)n3)cc2[nH]1. The number of benzene rings is 1. The summed E-state index contributed by atoms with van der Waals surface area (Å²) in [6, 6.07) is 9.56. The highest BCUT2D eigenvalue weighted by Crippen LogP contribution is 2.22. The normalized spacial score (nSPS) is 11.2. The molecule has 2 aromatic heterocycles. The van der Waals surface area contributed by atoms with Crippen molar-refractivity contribution in [1.82, 2.24) is 14.8 Å². The van der Waals surface area contributed by atoms with Crippen LogP contribution in [0.5, 0.6) is 0 Å². The number of hydrogen-bond donors (Lipinski definition) is 2. The number of aryl methyl sites for hydroxylation is 1. The van der Waals surface area contributed by atoms with E-state index in [0.29, 0.717) is 17.3 Å². The third kappa shape index (κ3) is 2.67. The number of carbonyl (C=O) groups is 1. The molecule has 3 rings (SSSR count). The number of anilines is 1. The molecule has 0 fully saturated rings. The second-order valence-corrected chi connectivity index (χ2v) is 5.51. The molecule has 0 aliphatic heterocycles. The molecule has 5 nitrogen and oxygen atoms in total. The monoisotopic (exact) mass is 282 g/mol. The van der Waals surface area contributed by atoms with E-state index in [4.69, 9.17) is 0 Å². The van der Waals surface area contributed by atoms with E-state index in [0.717, 1.165) is 10.9 Å². The molecule has 0 atom stereocenters. The van der Waals surface area contributed by atoms with Crippen molar-refractivity contribution in [1.29, 1.82) is 0 Å². The van der Waals surface area contributed by atoms with E-state index in [1.165, 1.54) is 5.69 Å². The fraction of sp³-hybridized carbons (Fsp3) is 0.250. The quantitative estimate of drug-likeness (QED) is 0.774. The van der Waals surface area contributed by atoms with Gasteiger partial charge >= 0.3 is 0 Å². The van der Waals surface area contributed by atoms with Crippen molar-refractivity contribution in [3.05, 3.63) is 47.8 Å². The van der Waals surface area contributed by atoms with Crippen LogP contribution in [0.1, 0.15) is 35.8 Å². The van der Waals surface area contributed by atoms with E-state index < -0.39 is 0 Å². The lowest BCUT2D eigenvalue weighted by Gasteiger charge is -2.02. The van der Waals surface area contributed by atoms with Crippen molar-refractivity contribution in [3.8, 4) is 0 Å². The summed E-state index contributed by atoms with van der Waals surface area (Å²) < 4.78 is 1.65. The van der Waals surface area contributed by atoms with Crippen molar-refractivity contribution in [3.63, 3.8) is 0 Å². The average molecular weight is 282 g/mol. The molecule has 0 aliphatic rings. The summed E-state index contributed by atoms with van der Waals surface area (Å²) in [7, 11) is 1.81. The summed E-state index contributed by atoms with van der Waals surface area (Å²) in [5.41, 5.74) is 2.77. The van der Waals surface area contributed by atoms with E-state index in [1.54, 1.807) is 16.9 Å². The third-order valence-corrected chi connectivity index (χ3v) is 3.48. The first kappa shape index (κ1) is 13.4. The fourth-order valence-corrected chi connectivity index (χ4v) is 2.27. The molecular weight excluding hydrogens is 264 g/mol. The van der Waals surface area contributed by atoms with E-state index in [2.05, 4.69) is 35.3 Å². The Balaban J connectivity index is 1.87. The Labute approximate surface area is 123 Å². The molecule has 0 aliphatic carbocycles. The van der Waals surface area contributed by atoms with Gasteiger partial charge in [-0.3, -0.25) is 9.48 Å². The minimum atomic E-state index is -0.156. The van der Waals surface area contributed by atoms with Gasteiger partial charge in [0, 0.05) is 36.1 Å². The summed E-state index contributed by atoms with van der Waals surface area (Å²) in [4.78, 5) is 15.6. The zero-order valence-electron chi connectivity index (χ0n) is 12.3. The summed E-state index contributed by atoms with van der Waals surface area (Å²) in [5, 5.41) is 8.05. The van der Waals surface area contributed by atoms with Crippen LogP contribution in [0.2, 0.25) is 0 Å². The first-order chi connectivity index (χ1) is 10.0. The van der Waals surface area contributed by atoms with Gasteiger partial charge in [-0.1, -0.05) is 19.9 Å². The van der Waals surface area contributed by atoms with Crippen molar-refractivity contribution in [2.45, 2.75) is 19.8 Å². The van der Waals surface area contributed by atoms with E-state index in [9.17, 15) is 4.79 Å². The largest absolute Gasteiger partial charge is 0.358 e. The molecule has 0 spiro atoms. The summed E-state index contributed by atoms with van der Waals surface area (Å²) in [6.45, 7) is 4.28. The third-order valence-electron chi connectivity index (χ3n) is 3.48. The standard InChI is InChI=1S/C16H18N4O/c1-10(2)13-8-11-4-5-12(9-14(11)17-13)16(21)18-15-6-7-20(3)19-15/h4-10,17H,1-3H3,(H,18,19,21). The number of amides is 1. The lowest BCUT2D eigenvalue weighted by Crippen LogP contribution is -2.12. The number of carbonyl (C=O) groups excluding carboxylic acids is 1. The lowest BCUT2D eigenvalue weighted by molar-refractivity contribution is 0.102. The average Bonchev–Trinajstić information content (AvgIpc) is 3.03. The first-order valence-electron chi connectivity index (χ1n) is 6.96. The Morgan fingerprint density at radius 2 is 2.10 bits per heavy atom. The number of aromatic amines is 1. The van der Waals surface area contributed by atoms with Crippen molar-refractivity contribution in [2.75, 3.05) is 5.32 Å². The lowest BCUT2D eigenvalue weighted by atomic mass is 10.1. The maximum Gasteiger partial charge on any atom is 0.256 e. The van der Waals surface area contributed by atoms with Crippen molar-refractivity contribution in [2.24, 2.45) is 7.05 Å². The molecule has 1 aromatic carbocycles. The van der Waals surface area contributed by atoms with Crippen LogP contribution in [0.3, 0.4) is 0 Å². The van der Waals surface area contributed by atoms with Gasteiger partial charge in [-0.2, -0.15) is 5.10 Å². The first-order valence-corrected chi connectivity index (χ1v) is 6.96. The summed E-state index contributed by atoms with van der Waals surface area (Å²) in [6.07, 6.45) is 1.79. The van der Waals surface area contributed by atoms with Gasteiger partial charge in [0.05, 0.1) is 0 Å². The Morgan fingerprint density at radius 3 is 2.76 bits per heavy atom. The van der Waals surface area contributed by atoms with Gasteiger partial charge in [0.25, 0.3) is 5.91 Å². The minimum absolute atomic E-state index is 0.156. The molecule has 2 heterocycles. The molecule has 21 heavy (non-hydrogen) atoms. The van der Waals surface area contributed by atoms with Gasteiger partial charge < -0.3 is 10.3 Å². The molecular formula is C16H18N4O. The highest BCUT2D eigenvalue weighted by molar-refractivity contribution is 6.05. The number of hydrogen-bond acceptors (Lipinski definition) is 2. The Hall–Kier alpha value is -2.56. The summed E-state index contributed by atoms with van der Waals surface area (Å²) in [5.74, 6) is 0.830. The maximum absolute atomic E-state index is 12.2. The van der Waals surface area contributed by atoms with Gasteiger partial charge in [-0.15, -0.1) is 0 Å². The van der Waals surface area contributed by atoms with Gasteiger partial charge in [-0.25, -0.2) is 0 Å². The zero-order valence-corrected chi connectivity index (χ0v) is 12.3. The molecule has 2 N–H and O–H groups in total. The van der Waals surface area contributed by atoms with E-state index in [-0.39, 0.29) is 5.91 Å². The second kappa shape index (κ2) is 5.09. The molecule has 0 saturated heterocycles. The smallest absolute Gasteiger partial charge is 0.256 e. The number of rotatable bonds is 3. The van der Waals surface area contributed by atoms with Crippen LogP contribution in [-0.4, -0.2) is 20.7 Å². The van der Waals surface area contributed by atoms with Gasteiger partial charge in [0.2, 0.25) is 0 Å². The molecule has 108 valence electrons. The minimum Gasteiger partial charge on any atom is -0.358 e. The van der Waals surface area contributed by atoms with E-state index >= 15 is 0 Å². The number of aromatic nitrogens is 3. The topological polar surface area (TPSA) is 62.7 Å². The Bertz CT molecular complexity index is 798. The van der Waals surface area contributed by atoms with Crippen LogP contribution in [0.25, 0.3) is 10.9 Å². The molecule has 0 bridgehead atoms. The van der Waals surface area contributed by atoms with Crippen LogP contribution < -0.4 is 5.32 Å². The van der Waals surface area contributed by atoms with Gasteiger partial charge in [0.1, 0.15) is 0 Å². The molecule has 0 unspecified atom stereocenters. The highest BCUT2D eigenvalue weighted by atomic mass is 16.1. The maximum atomic E-state index is 12.2. The Morgan fingerprint density at radius 1 is 1.29 bits per heavy atom. The van der Waals surface area contributed by atoms with Crippen LogP contribution in [-0.2, 0) is 7.05 Å². The van der Waals surface area contributed by atoms with Gasteiger partial charge in [-0.05, 0) is 29.5 Å². The van der Waals surface area contributed by atoms with Gasteiger partial charge in [0.15, 0.2) is 5.82 Å².